The molecule has 21 heavy (non-hydrogen) atoms. The highest BCUT2D eigenvalue weighted by molar-refractivity contribution is 5.80. The molecule has 1 N–H and O–H groups in total. The van der Waals surface area contributed by atoms with Gasteiger partial charge < -0.3 is 19.7 Å². The standard InChI is InChI=1S/C15H23N3O3/c1-16-15(17-10-9-14(19)21-4)18(2)11-12-7-5-6-8-13(12)20-3/h5-8H,9-11H2,1-4H3,(H,16,17). The second-order valence-corrected chi connectivity index (χ2v) is 4.47. The predicted molar refractivity (Wildman–Crippen MR) is 82.5 cm³/mol. The van der Waals surface area contributed by atoms with Gasteiger partial charge in [0.05, 0.1) is 20.6 Å². The van der Waals surface area contributed by atoms with Crippen LogP contribution in [0.25, 0.3) is 0 Å². The fourth-order valence-electron chi connectivity index (χ4n) is 1.93. The molecular formula is C15H23N3O3. The van der Waals surface area contributed by atoms with E-state index in [0.29, 0.717) is 25.5 Å². The Morgan fingerprint density at radius 3 is 2.67 bits per heavy atom. The van der Waals surface area contributed by atoms with Gasteiger partial charge in [-0.05, 0) is 6.07 Å². The fourth-order valence-corrected chi connectivity index (χ4v) is 1.93. The van der Waals surface area contributed by atoms with Crippen LogP contribution in [0, 0.1) is 0 Å². The first kappa shape index (κ1) is 16.8. The van der Waals surface area contributed by atoms with E-state index in [0.717, 1.165) is 11.3 Å². The highest BCUT2D eigenvalue weighted by atomic mass is 16.5. The average Bonchev–Trinajstić information content (AvgIpc) is 2.51. The van der Waals surface area contributed by atoms with E-state index < -0.39 is 0 Å². The number of nitrogens with one attached hydrogen (secondary N) is 1. The van der Waals surface area contributed by atoms with E-state index in [2.05, 4.69) is 15.0 Å². The molecule has 1 rings (SSSR count). The highest BCUT2D eigenvalue weighted by Gasteiger charge is 2.10. The summed E-state index contributed by atoms with van der Waals surface area (Å²) in [5, 5.41) is 3.13. The van der Waals surface area contributed by atoms with Gasteiger partial charge in [-0.3, -0.25) is 9.79 Å². The summed E-state index contributed by atoms with van der Waals surface area (Å²) in [5.41, 5.74) is 1.07. The molecule has 0 fully saturated rings. The molecule has 6 nitrogen and oxygen atoms in total. The quantitative estimate of drug-likeness (QED) is 0.486. The summed E-state index contributed by atoms with van der Waals surface area (Å²) in [6, 6.07) is 7.85. The van der Waals surface area contributed by atoms with Crippen molar-refractivity contribution in [2.75, 3.05) is 34.9 Å². The van der Waals surface area contributed by atoms with Gasteiger partial charge in [-0.15, -0.1) is 0 Å². The fraction of sp³-hybridized carbons (Fsp3) is 0.467. The van der Waals surface area contributed by atoms with Crippen LogP contribution in [0.2, 0.25) is 0 Å². The maximum atomic E-state index is 11.1. The van der Waals surface area contributed by atoms with Gasteiger partial charge in [0.25, 0.3) is 0 Å². The minimum atomic E-state index is -0.245. The number of carbonyl (C=O) groups excluding carboxylic acids is 1. The molecule has 1 aromatic carbocycles. The number of rotatable bonds is 6. The average molecular weight is 293 g/mol. The number of aliphatic imine (C=N–C) groups is 1. The molecule has 0 unspecified atom stereocenters. The number of guanidine groups is 1. The van der Waals surface area contributed by atoms with Gasteiger partial charge in [-0.1, -0.05) is 18.2 Å². The van der Waals surface area contributed by atoms with Crippen LogP contribution < -0.4 is 10.1 Å². The summed E-state index contributed by atoms with van der Waals surface area (Å²) < 4.78 is 9.94. The topological polar surface area (TPSA) is 63.2 Å². The van der Waals surface area contributed by atoms with Crippen molar-refractivity contribution in [2.45, 2.75) is 13.0 Å². The van der Waals surface area contributed by atoms with Crippen molar-refractivity contribution in [3.05, 3.63) is 29.8 Å². The number of esters is 1. The van der Waals surface area contributed by atoms with E-state index in [4.69, 9.17) is 4.74 Å². The summed E-state index contributed by atoms with van der Waals surface area (Å²) in [6.07, 6.45) is 0.304. The van der Waals surface area contributed by atoms with E-state index in [9.17, 15) is 4.79 Å². The largest absolute Gasteiger partial charge is 0.496 e. The van der Waals surface area contributed by atoms with Gasteiger partial charge in [-0.2, -0.15) is 0 Å². The maximum absolute atomic E-state index is 11.1. The molecule has 0 amide bonds. The van der Waals surface area contributed by atoms with Crippen molar-refractivity contribution in [3.63, 3.8) is 0 Å². The van der Waals surface area contributed by atoms with E-state index >= 15 is 0 Å². The molecule has 6 heteroatoms. The maximum Gasteiger partial charge on any atom is 0.307 e. The van der Waals surface area contributed by atoms with Crippen LogP contribution in [0.1, 0.15) is 12.0 Å². The third-order valence-electron chi connectivity index (χ3n) is 3.01. The summed E-state index contributed by atoms with van der Waals surface area (Å²) in [6.45, 7) is 1.14. The van der Waals surface area contributed by atoms with Gasteiger partial charge in [0.2, 0.25) is 0 Å². The van der Waals surface area contributed by atoms with Gasteiger partial charge in [0.1, 0.15) is 5.75 Å². The normalized spacial score (nSPS) is 11.0. The molecule has 0 bridgehead atoms. The summed E-state index contributed by atoms with van der Waals surface area (Å²) in [4.78, 5) is 17.3. The minimum absolute atomic E-state index is 0.245. The predicted octanol–water partition coefficient (Wildman–Crippen LogP) is 1.27. The SMILES string of the molecule is CN=C(NCCC(=O)OC)N(C)Cc1ccccc1OC. The number of benzene rings is 1. The third-order valence-corrected chi connectivity index (χ3v) is 3.01. The van der Waals surface area contributed by atoms with Gasteiger partial charge >= 0.3 is 5.97 Å². The number of hydrogen-bond acceptors (Lipinski definition) is 4. The lowest BCUT2D eigenvalue weighted by Crippen LogP contribution is -2.39. The van der Waals surface area contributed by atoms with E-state index in [-0.39, 0.29) is 5.97 Å². The van der Waals surface area contributed by atoms with E-state index in [1.165, 1.54) is 7.11 Å². The van der Waals surface area contributed by atoms with Crippen LogP contribution in [0.3, 0.4) is 0 Å². The van der Waals surface area contributed by atoms with Gasteiger partial charge in [0, 0.05) is 32.7 Å². The molecule has 0 heterocycles. The number of carbonyl (C=O) groups is 1. The number of para-hydroxylation sites is 1. The Balaban J connectivity index is 2.59. The zero-order valence-corrected chi connectivity index (χ0v) is 13.0. The lowest BCUT2D eigenvalue weighted by Gasteiger charge is -2.23. The van der Waals surface area contributed by atoms with Gasteiger partial charge in [0.15, 0.2) is 5.96 Å². The lowest BCUT2D eigenvalue weighted by molar-refractivity contribution is -0.140. The molecule has 0 aliphatic carbocycles. The Kier molecular flexibility index (Phi) is 7.08. The monoisotopic (exact) mass is 293 g/mol. The Bertz CT molecular complexity index is 489. The first-order valence-corrected chi connectivity index (χ1v) is 6.72. The van der Waals surface area contributed by atoms with Crippen LogP contribution in [0.5, 0.6) is 5.75 Å². The molecule has 1 aromatic rings. The smallest absolute Gasteiger partial charge is 0.307 e. The van der Waals surface area contributed by atoms with Crippen molar-refractivity contribution in [1.82, 2.24) is 10.2 Å². The Labute approximate surface area is 125 Å². The first-order valence-electron chi connectivity index (χ1n) is 6.72. The molecule has 0 radical (unpaired) electrons. The molecule has 0 atom stereocenters. The third kappa shape index (κ3) is 5.33. The molecule has 0 saturated heterocycles. The Morgan fingerprint density at radius 1 is 1.33 bits per heavy atom. The Morgan fingerprint density at radius 2 is 2.05 bits per heavy atom. The number of methoxy groups -OCH3 is 2. The molecule has 0 aliphatic heterocycles. The minimum Gasteiger partial charge on any atom is -0.496 e. The van der Waals surface area contributed by atoms with Crippen LogP contribution >= 0.6 is 0 Å². The van der Waals surface area contributed by atoms with Crippen LogP contribution in [-0.4, -0.2) is 51.7 Å². The molecule has 0 aliphatic rings. The molecule has 116 valence electrons. The number of hydrogen-bond donors (Lipinski definition) is 1. The van der Waals surface area contributed by atoms with Crippen molar-refractivity contribution in [3.8, 4) is 5.75 Å². The van der Waals surface area contributed by atoms with Crippen LogP contribution in [-0.2, 0) is 16.1 Å². The Hall–Kier alpha value is -2.24. The molecule has 0 spiro atoms. The second-order valence-electron chi connectivity index (χ2n) is 4.47. The van der Waals surface area contributed by atoms with E-state index in [1.54, 1.807) is 14.2 Å². The zero-order chi connectivity index (χ0) is 15.7. The van der Waals surface area contributed by atoms with Crippen LogP contribution in [0.15, 0.2) is 29.3 Å². The van der Waals surface area contributed by atoms with Crippen molar-refractivity contribution < 1.29 is 14.3 Å². The number of ether oxygens (including phenoxy) is 2. The zero-order valence-electron chi connectivity index (χ0n) is 13.0. The van der Waals surface area contributed by atoms with Gasteiger partial charge in [-0.25, -0.2) is 0 Å². The number of nitrogens with zero attached hydrogens (tertiary/aromatic N) is 2. The first-order chi connectivity index (χ1) is 10.1. The molecule has 0 aromatic heterocycles. The lowest BCUT2D eigenvalue weighted by atomic mass is 10.2. The summed E-state index contributed by atoms with van der Waals surface area (Å²) >= 11 is 0. The van der Waals surface area contributed by atoms with Crippen molar-refractivity contribution >= 4 is 11.9 Å². The second kappa shape index (κ2) is 8.84. The van der Waals surface area contributed by atoms with Crippen molar-refractivity contribution in [1.29, 1.82) is 0 Å². The van der Waals surface area contributed by atoms with Crippen molar-refractivity contribution in [2.24, 2.45) is 4.99 Å². The molecule has 0 saturated carbocycles. The summed E-state index contributed by atoms with van der Waals surface area (Å²) in [7, 11) is 6.67. The van der Waals surface area contributed by atoms with E-state index in [1.807, 2.05) is 36.2 Å². The summed E-state index contributed by atoms with van der Waals surface area (Å²) in [5.74, 6) is 1.31. The molecular weight excluding hydrogens is 270 g/mol. The van der Waals surface area contributed by atoms with Crippen LogP contribution in [0.4, 0.5) is 0 Å². The highest BCUT2D eigenvalue weighted by Crippen LogP contribution is 2.18.